The third kappa shape index (κ3) is 67.8. The van der Waals surface area contributed by atoms with Crippen molar-refractivity contribution in [3.63, 3.8) is 0 Å². The van der Waals surface area contributed by atoms with Gasteiger partial charge in [0.1, 0.15) is 13.2 Å². The molecule has 0 aromatic rings. The normalized spacial score (nSPS) is 13.9. The third-order valence-corrected chi connectivity index (χ3v) is 17.8. The fourth-order valence-corrected chi connectivity index (χ4v) is 11.9. The summed E-state index contributed by atoms with van der Waals surface area (Å²) in [6, 6.07) is -0.801. The van der Waals surface area contributed by atoms with Crippen molar-refractivity contribution in [1.82, 2.24) is 5.32 Å². The van der Waals surface area contributed by atoms with E-state index in [9.17, 15) is 19.4 Å². The van der Waals surface area contributed by atoms with Crippen LogP contribution >= 0.6 is 7.82 Å². The number of likely N-dealkylation sites (N-methyl/N-ethyl adjacent to an activating group) is 1. The number of aliphatic hydroxyl groups excluding tert-OH is 1. The Labute approximate surface area is 518 Å². The minimum absolute atomic E-state index is 0.0142. The molecule has 490 valence electrons. The van der Waals surface area contributed by atoms with E-state index in [1.54, 1.807) is 0 Å². The van der Waals surface area contributed by atoms with Gasteiger partial charge in [-0.2, -0.15) is 0 Å². The zero-order chi connectivity index (χ0) is 60.5. The predicted octanol–water partition coefficient (Wildman–Crippen LogP) is 22.8. The van der Waals surface area contributed by atoms with Crippen molar-refractivity contribution in [2.24, 2.45) is 0 Å². The highest BCUT2D eigenvalue weighted by Crippen LogP contribution is 2.38. The maximum Gasteiger partial charge on any atom is 0.268 e. The molecule has 1 amide bonds. The van der Waals surface area contributed by atoms with Crippen LogP contribution in [0.25, 0.3) is 0 Å². The van der Waals surface area contributed by atoms with Crippen molar-refractivity contribution in [2.45, 2.75) is 379 Å². The molecule has 0 aliphatic rings. The zero-order valence-corrected chi connectivity index (χ0v) is 57.1. The maximum absolute atomic E-state index is 13.1. The number of quaternary nitrogens is 1. The summed E-state index contributed by atoms with van der Waals surface area (Å²) in [5.41, 5.74) is 0. The van der Waals surface area contributed by atoms with Gasteiger partial charge in [0.05, 0.1) is 39.9 Å². The first-order chi connectivity index (χ1) is 40.5. The Hall–Kier alpha value is -1.54. The number of allylic oxidation sites excluding steroid dienone is 8. The molecule has 0 rings (SSSR count). The SMILES string of the molecule is CC/C=C\C/C=C\C/C=C\C/C=C\CCCCCCCCCCCCCCCCCCCCCCCCC(=O)NC(COP(=O)([O-])OCC[N+](C)(C)C)C(O)CCCCCCCCCCCCCCCCCCCCCCCCCCCC. The van der Waals surface area contributed by atoms with Crippen molar-refractivity contribution in [1.29, 1.82) is 0 Å². The lowest BCUT2D eigenvalue weighted by atomic mass is 10.0. The largest absolute Gasteiger partial charge is 0.756 e. The highest BCUT2D eigenvalue weighted by Gasteiger charge is 2.24. The quantitative estimate of drug-likeness (QED) is 0.0272. The second kappa shape index (κ2) is 64.9. The fraction of sp³-hybridized carbons (Fsp3) is 0.878. The fourth-order valence-electron chi connectivity index (χ4n) is 11.2. The number of phosphoric ester groups is 1. The molecular weight excluding hydrogens is 1040 g/mol. The Morgan fingerprint density at radius 3 is 1.07 bits per heavy atom. The van der Waals surface area contributed by atoms with Gasteiger partial charge in [0.15, 0.2) is 0 Å². The summed E-state index contributed by atoms with van der Waals surface area (Å²) < 4.78 is 23.6. The number of unbranched alkanes of at least 4 members (excludes halogenated alkanes) is 47. The first kappa shape index (κ1) is 81.5. The average Bonchev–Trinajstić information content (AvgIpc) is 3.49. The Balaban J connectivity index is 3.96. The van der Waals surface area contributed by atoms with E-state index >= 15 is 0 Å². The molecule has 0 bridgehead atoms. The number of aliphatic hydroxyl groups is 1. The molecule has 9 heteroatoms. The molecule has 0 spiro atoms. The molecule has 0 aromatic carbocycles. The van der Waals surface area contributed by atoms with Gasteiger partial charge in [-0.25, -0.2) is 0 Å². The monoisotopic (exact) mass is 1190 g/mol. The van der Waals surface area contributed by atoms with Crippen molar-refractivity contribution in [3.05, 3.63) is 48.6 Å². The van der Waals surface area contributed by atoms with Crippen LogP contribution in [0.1, 0.15) is 367 Å². The highest BCUT2D eigenvalue weighted by atomic mass is 31.2. The lowest BCUT2D eigenvalue weighted by Gasteiger charge is -2.30. The van der Waals surface area contributed by atoms with Gasteiger partial charge in [-0.3, -0.25) is 9.36 Å². The summed E-state index contributed by atoms with van der Waals surface area (Å²) in [4.78, 5) is 25.7. The number of phosphoric acid groups is 1. The van der Waals surface area contributed by atoms with E-state index in [2.05, 4.69) is 67.8 Å². The Morgan fingerprint density at radius 1 is 0.434 bits per heavy atom. The number of hydrogen-bond donors (Lipinski definition) is 2. The summed E-state index contributed by atoms with van der Waals surface area (Å²) in [7, 11) is 1.32. The Morgan fingerprint density at radius 2 is 0.735 bits per heavy atom. The van der Waals surface area contributed by atoms with Crippen LogP contribution in [0, 0.1) is 0 Å². The molecule has 0 saturated carbocycles. The molecule has 0 heterocycles. The first-order valence-electron chi connectivity index (χ1n) is 36.5. The first-order valence-corrected chi connectivity index (χ1v) is 37.9. The second-order valence-electron chi connectivity index (χ2n) is 26.3. The van der Waals surface area contributed by atoms with Gasteiger partial charge in [0.25, 0.3) is 7.82 Å². The van der Waals surface area contributed by atoms with Gasteiger partial charge in [-0.05, 0) is 51.4 Å². The molecule has 0 radical (unpaired) electrons. The third-order valence-electron chi connectivity index (χ3n) is 16.8. The Kier molecular flexibility index (Phi) is 63.7. The summed E-state index contributed by atoms with van der Waals surface area (Å²) in [5, 5.41) is 14.1. The number of hydrogen-bond acceptors (Lipinski definition) is 6. The minimum Gasteiger partial charge on any atom is -0.756 e. The Bertz CT molecular complexity index is 1490. The summed E-state index contributed by atoms with van der Waals surface area (Å²) >= 11 is 0. The predicted molar refractivity (Wildman–Crippen MR) is 362 cm³/mol. The highest BCUT2D eigenvalue weighted by molar-refractivity contribution is 7.45. The zero-order valence-electron chi connectivity index (χ0n) is 56.2. The standard InChI is InChI=1S/C74H143N2O6P/c1-6-8-10-12-14-16-18-20-22-24-26-28-30-32-34-35-36-37-38-39-40-41-42-44-46-48-50-52-54-56-58-60-62-64-66-68-74(78)75-72(71-82-83(79,80)81-70-69-76(3,4)5)73(77)67-65-63-61-59-57-55-53-51-49-47-45-43-33-31-29-27-25-23-21-19-17-15-13-11-9-7-2/h8,10,14,16,20,22,26,28,72-73,77H,6-7,9,11-13,15,17-19,21,23-25,27,29-71H2,1-5H3,(H-,75,78,79,80)/b10-8-,16-14-,22-20-,28-26-. The number of nitrogens with zero attached hydrogens (tertiary/aromatic N) is 1. The minimum atomic E-state index is -4.58. The van der Waals surface area contributed by atoms with E-state index in [0.29, 0.717) is 23.9 Å². The van der Waals surface area contributed by atoms with Crippen LogP contribution < -0.4 is 10.2 Å². The molecule has 0 aliphatic heterocycles. The van der Waals surface area contributed by atoms with E-state index in [4.69, 9.17) is 9.05 Å². The number of carbonyl (C=O) groups excluding carboxylic acids is 1. The van der Waals surface area contributed by atoms with Gasteiger partial charge >= 0.3 is 0 Å². The molecule has 8 nitrogen and oxygen atoms in total. The van der Waals surface area contributed by atoms with Crippen LogP contribution in [0.3, 0.4) is 0 Å². The van der Waals surface area contributed by atoms with Crippen LogP contribution in [-0.4, -0.2) is 68.5 Å². The van der Waals surface area contributed by atoms with E-state index < -0.39 is 20.0 Å². The van der Waals surface area contributed by atoms with E-state index in [-0.39, 0.29) is 19.1 Å². The molecule has 0 saturated heterocycles. The second-order valence-corrected chi connectivity index (χ2v) is 27.7. The average molecular weight is 1190 g/mol. The van der Waals surface area contributed by atoms with Gasteiger partial charge in [0, 0.05) is 6.42 Å². The number of amides is 1. The van der Waals surface area contributed by atoms with Crippen molar-refractivity contribution >= 4 is 13.7 Å². The molecule has 83 heavy (non-hydrogen) atoms. The van der Waals surface area contributed by atoms with Crippen molar-refractivity contribution in [3.8, 4) is 0 Å². The van der Waals surface area contributed by atoms with Crippen LogP contribution in [0.4, 0.5) is 0 Å². The molecule has 0 aliphatic carbocycles. The molecule has 0 aromatic heterocycles. The molecular formula is C74H143N2O6P. The summed E-state index contributed by atoms with van der Waals surface area (Å²) in [6.07, 6.45) is 87.7. The van der Waals surface area contributed by atoms with Gasteiger partial charge in [0.2, 0.25) is 5.91 Å². The lowest BCUT2D eigenvalue weighted by Crippen LogP contribution is -2.46. The van der Waals surface area contributed by atoms with Crippen molar-refractivity contribution < 1.29 is 32.9 Å². The van der Waals surface area contributed by atoms with Crippen LogP contribution in [0.2, 0.25) is 0 Å². The van der Waals surface area contributed by atoms with E-state index in [0.717, 1.165) is 64.2 Å². The van der Waals surface area contributed by atoms with E-state index in [1.165, 1.54) is 276 Å². The number of rotatable bonds is 68. The number of carbonyl (C=O) groups is 1. The molecule has 2 N–H and O–H groups in total. The molecule has 3 unspecified atom stereocenters. The molecule has 0 fully saturated rings. The van der Waals surface area contributed by atoms with Gasteiger partial charge in [-0.1, -0.05) is 358 Å². The topological polar surface area (TPSA) is 108 Å². The van der Waals surface area contributed by atoms with Crippen LogP contribution in [0.5, 0.6) is 0 Å². The van der Waals surface area contributed by atoms with E-state index in [1.807, 2.05) is 21.1 Å². The van der Waals surface area contributed by atoms with Crippen LogP contribution in [-0.2, 0) is 18.4 Å². The molecule has 3 atom stereocenters. The lowest BCUT2D eigenvalue weighted by molar-refractivity contribution is -0.870. The van der Waals surface area contributed by atoms with Crippen molar-refractivity contribution in [2.75, 3.05) is 40.9 Å². The van der Waals surface area contributed by atoms with Gasteiger partial charge < -0.3 is 28.8 Å². The summed E-state index contributed by atoms with van der Waals surface area (Å²) in [6.45, 7) is 4.67. The summed E-state index contributed by atoms with van der Waals surface area (Å²) in [5.74, 6) is -0.157. The number of nitrogens with one attached hydrogen (secondary N) is 1. The smallest absolute Gasteiger partial charge is 0.268 e. The van der Waals surface area contributed by atoms with Crippen LogP contribution in [0.15, 0.2) is 48.6 Å². The van der Waals surface area contributed by atoms with Gasteiger partial charge in [-0.15, -0.1) is 0 Å². The maximum atomic E-state index is 13.1.